The SMILES string of the molecule is CC(C)C(CN)C(O)c1ccc(F)cc1. The van der Waals surface area contributed by atoms with E-state index >= 15 is 0 Å². The van der Waals surface area contributed by atoms with E-state index in [1.54, 1.807) is 12.1 Å². The van der Waals surface area contributed by atoms with Crippen LogP contribution in [0.2, 0.25) is 0 Å². The molecule has 0 saturated heterocycles. The minimum Gasteiger partial charge on any atom is -0.388 e. The van der Waals surface area contributed by atoms with Gasteiger partial charge in [-0.25, -0.2) is 4.39 Å². The molecule has 0 aliphatic carbocycles. The summed E-state index contributed by atoms with van der Waals surface area (Å²) in [5, 5.41) is 10.0. The highest BCUT2D eigenvalue weighted by molar-refractivity contribution is 5.19. The fraction of sp³-hybridized carbons (Fsp3) is 0.500. The Labute approximate surface area is 89.9 Å². The highest BCUT2D eigenvalue weighted by atomic mass is 19.1. The third-order valence-electron chi connectivity index (χ3n) is 2.75. The highest BCUT2D eigenvalue weighted by Crippen LogP contribution is 2.27. The molecule has 0 spiro atoms. The standard InChI is InChI=1S/C12H18FNO/c1-8(2)11(7-14)12(15)9-3-5-10(13)6-4-9/h3-6,8,11-12,15H,7,14H2,1-2H3. The molecule has 0 radical (unpaired) electrons. The third kappa shape index (κ3) is 3.01. The lowest BCUT2D eigenvalue weighted by Crippen LogP contribution is -2.26. The number of rotatable bonds is 4. The van der Waals surface area contributed by atoms with E-state index in [0.717, 1.165) is 5.56 Å². The van der Waals surface area contributed by atoms with Crippen LogP contribution >= 0.6 is 0 Å². The van der Waals surface area contributed by atoms with Gasteiger partial charge in [-0.1, -0.05) is 26.0 Å². The first kappa shape index (κ1) is 12.1. The van der Waals surface area contributed by atoms with Crippen molar-refractivity contribution >= 4 is 0 Å². The lowest BCUT2D eigenvalue weighted by atomic mass is 9.87. The van der Waals surface area contributed by atoms with E-state index in [1.807, 2.05) is 13.8 Å². The molecule has 84 valence electrons. The Morgan fingerprint density at radius 3 is 2.20 bits per heavy atom. The van der Waals surface area contributed by atoms with E-state index in [0.29, 0.717) is 12.5 Å². The summed E-state index contributed by atoms with van der Waals surface area (Å²) >= 11 is 0. The molecule has 3 N–H and O–H groups in total. The summed E-state index contributed by atoms with van der Waals surface area (Å²) in [6.07, 6.45) is -0.615. The van der Waals surface area contributed by atoms with Crippen molar-refractivity contribution in [2.24, 2.45) is 17.6 Å². The van der Waals surface area contributed by atoms with Gasteiger partial charge in [0.05, 0.1) is 6.10 Å². The summed E-state index contributed by atoms with van der Waals surface area (Å²) in [6, 6.07) is 5.91. The van der Waals surface area contributed by atoms with Crippen molar-refractivity contribution in [3.63, 3.8) is 0 Å². The minimum absolute atomic E-state index is 0.00969. The lowest BCUT2D eigenvalue weighted by Gasteiger charge is -2.25. The van der Waals surface area contributed by atoms with Gasteiger partial charge in [-0.2, -0.15) is 0 Å². The van der Waals surface area contributed by atoms with Crippen LogP contribution < -0.4 is 5.73 Å². The van der Waals surface area contributed by atoms with Gasteiger partial charge in [-0.15, -0.1) is 0 Å². The predicted octanol–water partition coefficient (Wildman–Crippen LogP) is 2.09. The number of nitrogens with two attached hydrogens (primary N) is 1. The second-order valence-corrected chi connectivity index (χ2v) is 4.14. The maximum atomic E-state index is 12.7. The average Bonchev–Trinajstić information content (AvgIpc) is 2.19. The van der Waals surface area contributed by atoms with Crippen molar-refractivity contribution < 1.29 is 9.50 Å². The lowest BCUT2D eigenvalue weighted by molar-refractivity contribution is 0.0860. The van der Waals surface area contributed by atoms with Crippen molar-refractivity contribution in [2.75, 3.05) is 6.54 Å². The zero-order valence-corrected chi connectivity index (χ0v) is 9.15. The number of hydrogen-bond donors (Lipinski definition) is 2. The Kier molecular flexibility index (Phi) is 4.24. The van der Waals surface area contributed by atoms with Gasteiger partial charge in [0, 0.05) is 5.92 Å². The summed E-state index contributed by atoms with van der Waals surface area (Å²) < 4.78 is 12.7. The molecule has 2 unspecified atom stereocenters. The molecular formula is C12H18FNO. The van der Waals surface area contributed by atoms with Crippen LogP contribution in [0, 0.1) is 17.7 Å². The molecule has 0 bridgehead atoms. The highest BCUT2D eigenvalue weighted by Gasteiger charge is 2.22. The summed E-state index contributed by atoms with van der Waals surface area (Å²) in [5.74, 6) is 0.0188. The Balaban J connectivity index is 2.82. The van der Waals surface area contributed by atoms with Crippen molar-refractivity contribution in [1.82, 2.24) is 0 Å². The molecule has 0 aromatic heterocycles. The fourth-order valence-corrected chi connectivity index (χ4v) is 1.67. The van der Waals surface area contributed by atoms with Gasteiger partial charge in [-0.05, 0) is 30.2 Å². The van der Waals surface area contributed by atoms with Crippen LogP contribution in [-0.2, 0) is 0 Å². The quantitative estimate of drug-likeness (QED) is 0.801. The van der Waals surface area contributed by atoms with E-state index in [9.17, 15) is 9.50 Å². The van der Waals surface area contributed by atoms with Crippen molar-refractivity contribution in [1.29, 1.82) is 0 Å². The molecule has 1 aromatic rings. The zero-order valence-electron chi connectivity index (χ0n) is 9.15. The first-order valence-electron chi connectivity index (χ1n) is 5.20. The topological polar surface area (TPSA) is 46.2 Å². The van der Waals surface area contributed by atoms with Crippen LogP contribution in [0.4, 0.5) is 4.39 Å². The first-order chi connectivity index (χ1) is 7.06. The molecule has 0 saturated carbocycles. The van der Waals surface area contributed by atoms with Crippen LogP contribution in [0.3, 0.4) is 0 Å². The normalized spacial score (nSPS) is 15.3. The second kappa shape index (κ2) is 5.24. The molecule has 0 aliphatic rings. The number of benzene rings is 1. The summed E-state index contributed by atoms with van der Waals surface area (Å²) in [6.45, 7) is 4.46. The largest absolute Gasteiger partial charge is 0.388 e. The van der Waals surface area contributed by atoms with Gasteiger partial charge < -0.3 is 10.8 Å². The third-order valence-corrected chi connectivity index (χ3v) is 2.75. The molecule has 0 fully saturated rings. The summed E-state index contributed by atoms with van der Waals surface area (Å²) in [5.41, 5.74) is 6.33. The van der Waals surface area contributed by atoms with Crippen LogP contribution in [0.5, 0.6) is 0 Å². The fourth-order valence-electron chi connectivity index (χ4n) is 1.67. The molecule has 3 heteroatoms. The van der Waals surface area contributed by atoms with E-state index in [-0.39, 0.29) is 11.7 Å². The van der Waals surface area contributed by atoms with Gasteiger partial charge >= 0.3 is 0 Å². The molecule has 1 rings (SSSR count). The molecule has 0 aliphatic heterocycles. The summed E-state index contributed by atoms with van der Waals surface area (Å²) in [7, 11) is 0. The molecule has 2 atom stereocenters. The number of hydrogen-bond acceptors (Lipinski definition) is 2. The van der Waals surface area contributed by atoms with Crippen molar-refractivity contribution in [3.8, 4) is 0 Å². The average molecular weight is 211 g/mol. The smallest absolute Gasteiger partial charge is 0.123 e. The van der Waals surface area contributed by atoms with E-state index in [1.165, 1.54) is 12.1 Å². The Morgan fingerprint density at radius 1 is 1.27 bits per heavy atom. The van der Waals surface area contributed by atoms with Crippen LogP contribution in [0.1, 0.15) is 25.5 Å². The maximum absolute atomic E-state index is 12.7. The molecule has 15 heavy (non-hydrogen) atoms. The Bertz CT molecular complexity index is 297. The monoisotopic (exact) mass is 211 g/mol. The minimum atomic E-state index is -0.615. The Morgan fingerprint density at radius 2 is 1.80 bits per heavy atom. The van der Waals surface area contributed by atoms with Gasteiger partial charge in [0.1, 0.15) is 5.82 Å². The van der Waals surface area contributed by atoms with Gasteiger partial charge in [0.2, 0.25) is 0 Å². The molecule has 0 heterocycles. The maximum Gasteiger partial charge on any atom is 0.123 e. The Hall–Kier alpha value is -0.930. The van der Waals surface area contributed by atoms with Gasteiger partial charge in [0.25, 0.3) is 0 Å². The predicted molar refractivity (Wildman–Crippen MR) is 58.7 cm³/mol. The van der Waals surface area contributed by atoms with E-state index in [2.05, 4.69) is 0 Å². The number of aliphatic hydroxyl groups is 1. The van der Waals surface area contributed by atoms with Crippen LogP contribution in [0.25, 0.3) is 0 Å². The zero-order chi connectivity index (χ0) is 11.4. The number of aliphatic hydroxyl groups excluding tert-OH is 1. The van der Waals surface area contributed by atoms with E-state index < -0.39 is 6.10 Å². The van der Waals surface area contributed by atoms with Crippen molar-refractivity contribution in [2.45, 2.75) is 20.0 Å². The molecule has 2 nitrogen and oxygen atoms in total. The van der Waals surface area contributed by atoms with Gasteiger partial charge in [-0.3, -0.25) is 0 Å². The molecule has 0 amide bonds. The molecule has 1 aromatic carbocycles. The second-order valence-electron chi connectivity index (χ2n) is 4.14. The first-order valence-corrected chi connectivity index (χ1v) is 5.20. The van der Waals surface area contributed by atoms with Crippen LogP contribution in [0.15, 0.2) is 24.3 Å². The number of halogens is 1. The van der Waals surface area contributed by atoms with Gasteiger partial charge in [0.15, 0.2) is 0 Å². The van der Waals surface area contributed by atoms with Crippen LogP contribution in [-0.4, -0.2) is 11.7 Å². The van der Waals surface area contributed by atoms with E-state index in [4.69, 9.17) is 5.73 Å². The van der Waals surface area contributed by atoms with Crippen molar-refractivity contribution in [3.05, 3.63) is 35.6 Å². The molecular weight excluding hydrogens is 193 g/mol. The summed E-state index contributed by atoms with van der Waals surface area (Å²) in [4.78, 5) is 0.